The first-order chi connectivity index (χ1) is 10.7. The van der Waals surface area contributed by atoms with Crippen LogP contribution in [-0.4, -0.2) is 37.2 Å². The van der Waals surface area contributed by atoms with E-state index < -0.39 is 10.8 Å². The smallest absolute Gasteiger partial charge is 0.222 e. The second-order valence-corrected chi connectivity index (χ2v) is 6.62. The second-order valence-electron chi connectivity index (χ2n) is 5.34. The van der Waals surface area contributed by atoms with E-state index in [4.69, 9.17) is 0 Å². The van der Waals surface area contributed by atoms with Crippen LogP contribution in [0.3, 0.4) is 0 Å². The van der Waals surface area contributed by atoms with Gasteiger partial charge in [0.1, 0.15) is 5.82 Å². The molecule has 0 saturated carbocycles. The summed E-state index contributed by atoms with van der Waals surface area (Å²) in [5, 5.41) is 8.55. The van der Waals surface area contributed by atoms with Crippen LogP contribution in [-0.2, 0) is 23.8 Å². The normalized spacial score (nSPS) is 15.2. The van der Waals surface area contributed by atoms with Crippen molar-refractivity contribution < 1.29 is 4.21 Å². The number of benzene rings is 1. The minimum Gasteiger partial charge on any atom is -0.351 e. The SMILES string of the molecule is CS(=O)c1nc2c3c([nH]nc3n1)CCN2Cc1ccccc1. The van der Waals surface area contributed by atoms with Crippen molar-refractivity contribution in [2.45, 2.75) is 18.1 Å². The van der Waals surface area contributed by atoms with E-state index in [9.17, 15) is 4.21 Å². The summed E-state index contributed by atoms with van der Waals surface area (Å²) < 4.78 is 11.8. The quantitative estimate of drug-likeness (QED) is 0.744. The zero-order chi connectivity index (χ0) is 15.1. The van der Waals surface area contributed by atoms with Gasteiger partial charge in [-0.15, -0.1) is 0 Å². The summed E-state index contributed by atoms with van der Waals surface area (Å²) in [6.45, 7) is 1.62. The number of rotatable bonds is 3. The fourth-order valence-electron chi connectivity index (χ4n) is 2.79. The first-order valence-electron chi connectivity index (χ1n) is 7.09. The Morgan fingerprint density at radius 3 is 2.86 bits per heavy atom. The Hall–Kier alpha value is -2.28. The molecular formula is C15H15N5OS. The molecule has 0 aliphatic carbocycles. The van der Waals surface area contributed by atoms with Gasteiger partial charge in [-0.1, -0.05) is 30.3 Å². The summed E-state index contributed by atoms with van der Waals surface area (Å²) in [5.74, 6) is 0.828. The summed E-state index contributed by atoms with van der Waals surface area (Å²) in [7, 11) is -1.23. The third-order valence-corrected chi connectivity index (χ3v) is 4.55. The van der Waals surface area contributed by atoms with Crippen LogP contribution in [0.15, 0.2) is 35.5 Å². The van der Waals surface area contributed by atoms with E-state index in [-0.39, 0.29) is 0 Å². The number of nitrogens with zero attached hydrogens (tertiary/aromatic N) is 4. The Balaban J connectivity index is 1.82. The average Bonchev–Trinajstić information content (AvgIpc) is 2.95. The minimum absolute atomic E-state index is 0.334. The van der Waals surface area contributed by atoms with Gasteiger partial charge in [-0.2, -0.15) is 10.1 Å². The van der Waals surface area contributed by atoms with Gasteiger partial charge < -0.3 is 4.90 Å². The van der Waals surface area contributed by atoms with Gasteiger partial charge in [0.25, 0.3) is 0 Å². The van der Waals surface area contributed by atoms with Crippen LogP contribution in [0.4, 0.5) is 5.82 Å². The highest BCUT2D eigenvalue weighted by molar-refractivity contribution is 7.84. The van der Waals surface area contributed by atoms with Crippen molar-refractivity contribution in [3.63, 3.8) is 0 Å². The van der Waals surface area contributed by atoms with Crippen molar-refractivity contribution in [2.75, 3.05) is 17.7 Å². The highest BCUT2D eigenvalue weighted by atomic mass is 32.2. The lowest BCUT2D eigenvalue weighted by atomic mass is 10.1. The molecule has 0 fully saturated rings. The maximum atomic E-state index is 11.8. The molecule has 22 heavy (non-hydrogen) atoms. The van der Waals surface area contributed by atoms with E-state index >= 15 is 0 Å². The van der Waals surface area contributed by atoms with Gasteiger partial charge in [0, 0.05) is 25.8 Å². The summed E-state index contributed by atoms with van der Waals surface area (Å²) in [5.41, 5.74) is 2.88. The molecule has 1 aliphatic heterocycles. The van der Waals surface area contributed by atoms with Crippen molar-refractivity contribution in [2.24, 2.45) is 0 Å². The van der Waals surface area contributed by atoms with Crippen molar-refractivity contribution in [1.82, 2.24) is 20.2 Å². The third kappa shape index (κ3) is 2.18. The number of anilines is 1. The predicted octanol–water partition coefficient (Wildman–Crippen LogP) is 1.65. The monoisotopic (exact) mass is 313 g/mol. The van der Waals surface area contributed by atoms with Crippen LogP contribution in [0.25, 0.3) is 11.0 Å². The molecule has 0 saturated heterocycles. The molecule has 3 heterocycles. The molecule has 0 radical (unpaired) electrons. The number of aromatic nitrogens is 4. The van der Waals surface area contributed by atoms with E-state index in [1.807, 2.05) is 18.2 Å². The van der Waals surface area contributed by atoms with Crippen molar-refractivity contribution >= 4 is 27.7 Å². The van der Waals surface area contributed by atoms with Gasteiger partial charge in [-0.05, 0) is 5.56 Å². The lowest BCUT2D eigenvalue weighted by Crippen LogP contribution is -2.29. The lowest BCUT2D eigenvalue weighted by Gasteiger charge is -2.28. The standard InChI is InChI=1S/C15H15N5OS/c1-22(21)15-16-13-12-11(18-19-13)7-8-20(14(12)17-15)9-10-5-3-2-4-6-10/h2-6H,7-9H2,1H3,(H,16,17,18,19). The van der Waals surface area contributed by atoms with Crippen LogP contribution >= 0.6 is 0 Å². The topological polar surface area (TPSA) is 74.8 Å². The number of aromatic amines is 1. The second kappa shape index (κ2) is 5.17. The van der Waals surface area contributed by atoms with Gasteiger partial charge in [0.2, 0.25) is 5.16 Å². The Kier molecular flexibility index (Phi) is 3.15. The molecule has 1 N–H and O–H groups in total. The Bertz CT molecular complexity index is 861. The van der Waals surface area contributed by atoms with E-state index in [2.05, 4.69) is 37.2 Å². The van der Waals surface area contributed by atoms with E-state index in [0.717, 1.165) is 36.4 Å². The number of nitrogens with one attached hydrogen (secondary N) is 1. The van der Waals surface area contributed by atoms with Crippen LogP contribution in [0.5, 0.6) is 0 Å². The van der Waals surface area contributed by atoms with Crippen molar-refractivity contribution in [1.29, 1.82) is 0 Å². The number of hydrogen-bond acceptors (Lipinski definition) is 5. The molecule has 0 amide bonds. The molecule has 0 spiro atoms. The molecule has 0 bridgehead atoms. The zero-order valence-corrected chi connectivity index (χ0v) is 12.9. The maximum absolute atomic E-state index is 11.8. The molecule has 1 unspecified atom stereocenters. The lowest BCUT2D eigenvalue weighted by molar-refractivity contribution is 0.678. The molecule has 3 aromatic rings. The van der Waals surface area contributed by atoms with E-state index in [0.29, 0.717) is 10.8 Å². The molecule has 112 valence electrons. The van der Waals surface area contributed by atoms with Crippen molar-refractivity contribution in [3.05, 3.63) is 41.6 Å². The molecule has 2 aromatic heterocycles. The first kappa shape index (κ1) is 13.4. The molecule has 1 aliphatic rings. The highest BCUT2D eigenvalue weighted by Crippen LogP contribution is 2.31. The molecule has 4 rings (SSSR count). The molecular weight excluding hydrogens is 298 g/mol. The Labute approximate surface area is 130 Å². The highest BCUT2D eigenvalue weighted by Gasteiger charge is 2.25. The van der Waals surface area contributed by atoms with Crippen LogP contribution in [0.2, 0.25) is 0 Å². The van der Waals surface area contributed by atoms with Gasteiger partial charge >= 0.3 is 0 Å². The van der Waals surface area contributed by atoms with Gasteiger partial charge in [0.15, 0.2) is 5.65 Å². The van der Waals surface area contributed by atoms with Crippen molar-refractivity contribution in [3.8, 4) is 0 Å². The van der Waals surface area contributed by atoms with E-state index in [1.165, 1.54) is 5.56 Å². The number of H-pyrrole nitrogens is 1. The average molecular weight is 313 g/mol. The Morgan fingerprint density at radius 2 is 2.09 bits per heavy atom. The van der Waals surface area contributed by atoms with Gasteiger partial charge in [-0.3, -0.25) is 9.31 Å². The zero-order valence-electron chi connectivity index (χ0n) is 12.1. The maximum Gasteiger partial charge on any atom is 0.222 e. The summed E-state index contributed by atoms with van der Waals surface area (Å²) in [6, 6.07) is 10.3. The van der Waals surface area contributed by atoms with Crippen LogP contribution in [0.1, 0.15) is 11.3 Å². The van der Waals surface area contributed by atoms with Gasteiger partial charge in [-0.25, -0.2) is 4.98 Å². The first-order valence-corrected chi connectivity index (χ1v) is 8.65. The largest absolute Gasteiger partial charge is 0.351 e. The summed E-state index contributed by atoms with van der Waals surface area (Å²) in [6.07, 6.45) is 2.47. The third-order valence-electron chi connectivity index (χ3n) is 3.85. The minimum atomic E-state index is -1.23. The molecule has 1 atom stereocenters. The van der Waals surface area contributed by atoms with Crippen LogP contribution in [0, 0.1) is 0 Å². The molecule has 6 nitrogen and oxygen atoms in total. The van der Waals surface area contributed by atoms with Crippen LogP contribution < -0.4 is 4.90 Å². The fourth-order valence-corrected chi connectivity index (χ4v) is 3.22. The summed E-state index contributed by atoms with van der Waals surface area (Å²) >= 11 is 0. The fraction of sp³-hybridized carbons (Fsp3) is 0.267. The van der Waals surface area contributed by atoms with E-state index in [1.54, 1.807) is 6.26 Å². The molecule has 1 aromatic carbocycles. The predicted molar refractivity (Wildman–Crippen MR) is 85.2 cm³/mol. The number of hydrogen-bond donors (Lipinski definition) is 1. The molecule has 7 heteroatoms. The summed E-state index contributed by atoms with van der Waals surface area (Å²) in [4.78, 5) is 11.0. The van der Waals surface area contributed by atoms with Gasteiger partial charge in [0.05, 0.1) is 21.9 Å². The Morgan fingerprint density at radius 1 is 1.27 bits per heavy atom.